The molecule has 0 saturated carbocycles. The van der Waals surface area contributed by atoms with E-state index in [-0.39, 0.29) is 12.0 Å². The third kappa shape index (κ3) is 4.11. The fraction of sp³-hybridized carbons (Fsp3) is 0.368. The Kier molecular flexibility index (Phi) is 5.11. The van der Waals surface area contributed by atoms with Gasteiger partial charge in [-0.25, -0.2) is 4.98 Å². The number of rotatable bonds is 4. The third-order valence-electron chi connectivity index (χ3n) is 4.22. The molecule has 2 heterocycles. The number of benzene rings is 1. The summed E-state index contributed by atoms with van der Waals surface area (Å²) in [5.74, 6) is 0.369. The minimum absolute atomic E-state index is 0.140. The zero-order valence-electron chi connectivity index (χ0n) is 14.0. The van der Waals surface area contributed by atoms with Crippen molar-refractivity contribution in [1.29, 1.82) is 0 Å². The second-order valence-electron chi connectivity index (χ2n) is 6.07. The molecule has 5 nitrogen and oxygen atoms in total. The van der Waals surface area contributed by atoms with E-state index in [9.17, 15) is 4.79 Å². The van der Waals surface area contributed by atoms with Gasteiger partial charge in [0.2, 0.25) is 5.88 Å². The number of amides is 1. The van der Waals surface area contributed by atoms with Crippen molar-refractivity contribution in [3.05, 3.63) is 53.2 Å². The van der Waals surface area contributed by atoms with Crippen molar-refractivity contribution >= 4 is 11.6 Å². The maximum absolute atomic E-state index is 12.3. The Balaban J connectivity index is 1.61. The molecular weight excluding hydrogens is 304 g/mol. The lowest BCUT2D eigenvalue weighted by molar-refractivity contribution is 0.0237. The molecule has 126 valence electrons. The molecule has 1 N–H and O–H groups in total. The molecule has 1 aliphatic heterocycles. The quantitative estimate of drug-likeness (QED) is 0.934. The third-order valence-corrected chi connectivity index (χ3v) is 4.22. The van der Waals surface area contributed by atoms with E-state index in [1.165, 1.54) is 5.56 Å². The Bertz CT molecular complexity index is 707. The van der Waals surface area contributed by atoms with Crippen LogP contribution in [0.1, 0.15) is 34.3 Å². The summed E-state index contributed by atoms with van der Waals surface area (Å²) in [6.45, 7) is 5.51. The van der Waals surface area contributed by atoms with E-state index < -0.39 is 0 Å². The first-order valence-electron chi connectivity index (χ1n) is 8.21. The first-order chi connectivity index (χ1) is 11.6. The molecule has 1 aromatic carbocycles. The number of hydrogen-bond donors (Lipinski definition) is 1. The van der Waals surface area contributed by atoms with Crippen molar-refractivity contribution < 1.29 is 14.3 Å². The van der Waals surface area contributed by atoms with Crippen LogP contribution < -0.4 is 10.1 Å². The average Bonchev–Trinajstić information content (AvgIpc) is 2.60. The molecule has 1 amide bonds. The van der Waals surface area contributed by atoms with Gasteiger partial charge in [-0.05, 0) is 43.2 Å². The van der Waals surface area contributed by atoms with Gasteiger partial charge in [0.15, 0.2) is 0 Å². The van der Waals surface area contributed by atoms with Gasteiger partial charge in [-0.1, -0.05) is 6.07 Å². The number of aromatic nitrogens is 1. The first kappa shape index (κ1) is 16.5. The van der Waals surface area contributed by atoms with E-state index in [2.05, 4.69) is 10.3 Å². The van der Waals surface area contributed by atoms with Crippen molar-refractivity contribution in [3.8, 4) is 5.88 Å². The van der Waals surface area contributed by atoms with Gasteiger partial charge in [-0.2, -0.15) is 0 Å². The summed E-state index contributed by atoms with van der Waals surface area (Å²) >= 11 is 0. The van der Waals surface area contributed by atoms with Crippen LogP contribution in [0.3, 0.4) is 0 Å². The van der Waals surface area contributed by atoms with Gasteiger partial charge in [0.1, 0.15) is 6.10 Å². The Morgan fingerprint density at radius 1 is 1.17 bits per heavy atom. The summed E-state index contributed by atoms with van der Waals surface area (Å²) in [7, 11) is 0. The van der Waals surface area contributed by atoms with Gasteiger partial charge in [0, 0.05) is 30.8 Å². The molecule has 0 radical (unpaired) electrons. The highest BCUT2D eigenvalue weighted by Gasteiger charge is 2.16. The highest BCUT2D eigenvalue weighted by atomic mass is 16.5. The molecule has 1 aliphatic rings. The number of pyridine rings is 1. The number of nitrogens with zero attached hydrogens (tertiary/aromatic N) is 1. The van der Waals surface area contributed by atoms with Crippen molar-refractivity contribution in [2.24, 2.45) is 0 Å². The predicted molar refractivity (Wildman–Crippen MR) is 92.6 cm³/mol. The molecule has 0 bridgehead atoms. The summed E-state index contributed by atoms with van der Waals surface area (Å²) in [5.41, 5.74) is 3.63. The minimum atomic E-state index is -0.177. The van der Waals surface area contributed by atoms with Crippen LogP contribution in [-0.4, -0.2) is 30.2 Å². The lowest BCUT2D eigenvalue weighted by atomic mass is 10.1. The average molecular weight is 326 g/mol. The van der Waals surface area contributed by atoms with Crippen LogP contribution in [0.4, 0.5) is 5.69 Å². The van der Waals surface area contributed by atoms with E-state index >= 15 is 0 Å². The summed E-state index contributed by atoms with van der Waals surface area (Å²) in [4.78, 5) is 16.5. The number of carbonyl (C=O) groups is 1. The van der Waals surface area contributed by atoms with E-state index in [4.69, 9.17) is 9.47 Å². The van der Waals surface area contributed by atoms with Gasteiger partial charge in [-0.15, -0.1) is 0 Å². The van der Waals surface area contributed by atoms with Crippen LogP contribution in [0.15, 0.2) is 36.5 Å². The van der Waals surface area contributed by atoms with Crippen LogP contribution >= 0.6 is 0 Å². The van der Waals surface area contributed by atoms with Crippen molar-refractivity contribution in [2.45, 2.75) is 32.8 Å². The van der Waals surface area contributed by atoms with E-state index in [1.807, 2.05) is 32.0 Å². The highest BCUT2D eigenvalue weighted by Crippen LogP contribution is 2.18. The van der Waals surface area contributed by atoms with E-state index in [1.54, 1.807) is 18.3 Å². The first-order valence-corrected chi connectivity index (χ1v) is 8.21. The van der Waals surface area contributed by atoms with E-state index in [0.29, 0.717) is 11.4 Å². The summed E-state index contributed by atoms with van der Waals surface area (Å²) in [5, 5.41) is 2.89. The molecule has 0 spiro atoms. The maximum atomic E-state index is 12.3. The van der Waals surface area contributed by atoms with Gasteiger partial charge >= 0.3 is 0 Å². The zero-order valence-corrected chi connectivity index (χ0v) is 14.0. The van der Waals surface area contributed by atoms with Crippen LogP contribution in [0.2, 0.25) is 0 Å². The Morgan fingerprint density at radius 3 is 2.62 bits per heavy atom. The molecule has 5 heteroatoms. The molecule has 1 fully saturated rings. The second-order valence-corrected chi connectivity index (χ2v) is 6.07. The van der Waals surface area contributed by atoms with Crippen molar-refractivity contribution in [3.63, 3.8) is 0 Å². The zero-order chi connectivity index (χ0) is 16.9. The fourth-order valence-corrected chi connectivity index (χ4v) is 2.57. The molecule has 2 aromatic rings. The summed E-state index contributed by atoms with van der Waals surface area (Å²) < 4.78 is 11.1. The molecular formula is C19H22N2O3. The summed E-state index contributed by atoms with van der Waals surface area (Å²) in [6, 6.07) is 9.33. The van der Waals surface area contributed by atoms with Gasteiger partial charge < -0.3 is 14.8 Å². The highest BCUT2D eigenvalue weighted by molar-refractivity contribution is 6.04. The van der Waals surface area contributed by atoms with Gasteiger partial charge in [0.25, 0.3) is 5.91 Å². The van der Waals surface area contributed by atoms with Crippen molar-refractivity contribution in [1.82, 2.24) is 4.98 Å². The standard InChI is InChI=1S/C19H22N2O3/c1-13-3-5-16(11-14(13)2)21-19(22)15-4-6-18(20-12-15)24-17-7-9-23-10-8-17/h3-6,11-12,17H,7-10H2,1-2H3,(H,21,22). The number of carbonyl (C=O) groups excluding carboxylic acids is 1. The van der Waals surface area contributed by atoms with Gasteiger partial charge in [-0.3, -0.25) is 4.79 Å². The maximum Gasteiger partial charge on any atom is 0.257 e. The van der Waals surface area contributed by atoms with Crippen molar-refractivity contribution in [2.75, 3.05) is 18.5 Å². The fourth-order valence-electron chi connectivity index (χ4n) is 2.57. The number of hydrogen-bond acceptors (Lipinski definition) is 4. The molecule has 0 atom stereocenters. The molecule has 3 rings (SSSR count). The monoisotopic (exact) mass is 326 g/mol. The molecule has 0 aliphatic carbocycles. The molecule has 24 heavy (non-hydrogen) atoms. The number of nitrogens with one attached hydrogen (secondary N) is 1. The largest absolute Gasteiger partial charge is 0.474 e. The summed E-state index contributed by atoms with van der Waals surface area (Å²) in [6.07, 6.45) is 3.43. The van der Waals surface area contributed by atoms with Crippen LogP contribution in [0, 0.1) is 13.8 Å². The smallest absolute Gasteiger partial charge is 0.257 e. The molecule has 1 saturated heterocycles. The predicted octanol–water partition coefficient (Wildman–Crippen LogP) is 3.51. The normalized spacial score (nSPS) is 15.1. The lowest BCUT2D eigenvalue weighted by Gasteiger charge is -2.22. The molecule has 1 aromatic heterocycles. The van der Waals surface area contributed by atoms with E-state index in [0.717, 1.165) is 37.3 Å². The van der Waals surface area contributed by atoms with Crippen LogP contribution in [0.5, 0.6) is 5.88 Å². The van der Waals surface area contributed by atoms with Crippen LogP contribution in [-0.2, 0) is 4.74 Å². The second kappa shape index (κ2) is 7.45. The Hall–Kier alpha value is -2.40. The number of anilines is 1. The molecule has 0 unspecified atom stereocenters. The number of ether oxygens (including phenoxy) is 2. The SMILES string of the molecule is Cc1ccc(NC(=O)c2ccc(OC3CCOCC3)nc2)cc1C. The Morgan fingerprint density at radius 2 is 1.96 bits per heavy atom. The topological polar surface area (TPSA) is 60.5 Å². The minimum Gasteiger partial charge on any atom is -0.474 e. The van der Waals surface area contributed by atoms with Crippen LogP contribution in [0.25, 0.3) is 0 Å². The lowest BCUT2D eigenvalue weighted by Crippen LogP contribution is -2.26. The number of aryl methyl sites for hydroxylation is 2. The van der Waals surface area contributed by atoms with Gasteiger partial charge in [0.05, 0.1) is 18.8 Å². The Labute approximate surface area is 142 Å².